The van der Waals surface area contributed by atoms with Gasteiger partial charge in [-0.2, -0.15) is 0 Å². The van der Waals surface area contributed by atoms with Gasteiger partial charge in [-0.05, 0) is 45.4 Å². The van der Waals surface area contributed by atoms with Gasteiger partial charge in [0.05, 0.1) is 24.2 Å². The van der Waals surface area contributed by atoms with Crippen LogP contribution in [-0.2, 0) is 14.3 Å². The van der Waals surface area contributed by atoms with Gasteiger partial charge in [0.1, 0.15) is 11.8 Å². The SMILES string of the molecule is CCC(C)OC(=O)CC1C(=O)NCCN1C(=O)c1cc(Br)ccc1OC(C)C. The predicted molar refractivity (Wildman–Crippen MR) is 108 cm³/mol. The molecule has 8 heteroatoms. The molecule has 1 aromatic rings. The second-order valence-electron chi connectivity index (χ2n) is 7.03. The molecule has 0 aromatic heterocycles. The molecule has 2 amide bonds. The summed E-state index contributed by atoms with van der Waals surface area (Å²) in [6.45, 7) is 8.08. The van der Waals surface area contributed by atoms with Crippen molar-refractivity contribution in [2.24, 2.45) is 0 Å². The lowest BCUT2D eigenvalue weighted by atomic mass is 10.1. The predicted octanol–water partition coefficient (Wildman–Crippen LogP) is 2.91. The van der Waals surface area contributed by atoms with E-state index >= 15 is 0 Å². The molecular weight excluding hydrogens is 428 g/mol. The monoisotopic (exact) mass is 454 g/mol. The van der Waals surface area contributed by atoms with Crippen LogP contribution in [0, 0.1) is 0 Å². The molecule has 1 fully saturated rings. The van der Waals surface area contributed by atoms with Crippen molar-refractivity contribution >= 4 is 33.7 Å². The van der Waals surface area contributed by atoms with E-state index in [0.29, 0.717) is 30.8 Å². The number of hydrogen-bond acceptors (Lipinski definition) is 5. The van der Waals surface area contributed by atoms with Gasteiger partial charge in [0, 0.05) is 17.6 Å². The lowest BCUT2D eigenvalue weighted by molar-refractivity contribution is -0.151. The molecule has 7 nitrogen and oxygen atoms in total. The van der Waals surface area contributed by atoms with Gasteiger partial charge in [-0.3, -0.25) is 14.4 Å². The first-order valence-electron chi connectivity index (χ1n) is 9.47. The fourth-order valence-electron chi connectivity index (χ4n) is 2.86. The summed E-state index contributed by atoms with van der Waals surface area (Å²) in [5.74, 6) is -0.771. The molecule has 1 aliphatic rings. The highest BCUT2D eigenvalue weighted by Gasteiger charge is 2.36. The zero-order chi connectivity index (χ0) is 20.8. The number of hydrogen-bond donors (Lipinski definition) is 1. The molecule has 0 saturated carbocycles. The zero-order valence-corrected chi connectivity index (χ0v) is 18.2. The standard InChI is InChI=1S/C20H27BrN2O5/c1-5-13(4)28-18(24)11-16-19(25)22-8-9-23(16)20(26)15-10-14(21)6-7-17(15)27-12(2)3/h6-7,10,12-13,16H,5,8-9,11H2,1-4H3,(H,22,25). The Kier molecular flexibility index (Phi) is 7.86. The van der Waals surface area contributed by atoms with Gasteiger partial charge in [0.2, 0.25) is 5.91 Å². The van der Waals surface area contributed by atoms with Crippen LogP contribution in [0.25, 0.3) is 0 Å². The lowest BCUT2D eigenvalue weighted by Crippen LogP contribution is -2.58. The number of nitrogens with one attached hydrogen (secondary N) is 1. The van der Waals surface area contributed by atoms with Crippen molar-refractivity contribution in [2.45, 2.75) is 58.8 Å². The summed E-state index contributed by atoms with van der Waals surface area (Å²) >= 11 is 3.38. The normalized spacial score (nSPS) is 17.9. The molecule has 28 heavy (non-hydrogen) atoms. The maximum Gasteiger partial charge on any atom is 0.308 e. The average molecular weight is 455 g/mol. The zero-order valence-electron chi connectivity index (χ0n) is 16.7. The van der Waals surface area contributed by atoms with Crippen molar-refractivity contribution in [2.75, 3.05) is 13.1 Å². The third kappa shape index (κ3) is 5.70. The minimum Gasteiger partial charge on any atom is -0.490 e. The highest BCUT2D eigenvalue weighted by atomic mass is 79.9. The van der Waals surface area contributed by atoms with E-state index in [2.05, 4.69) is 21.2 Å². The van der Waals surface area contributed by atoms with E-state index in [0.717, 1.165) is 4.47 Å². The number of carbonyl (C=O) groups is 3. The van der Waals surface area contributed by atoms with E-state index in [1.54, 1.807) is 25.1 Å². The minimum atomic E-state index is -0.913. The van der Waals surface area contributed by atoms with Crippen LogP contribution in [0.15, 0.2) is 22.7 Å². The lowest BCUT2D eigenvalue weighted by Gasteiger charge is -2.35. The Labute approximate surface area is 173 Å². The first-order valence-corrected chi connectivity index (χ1v) is 10.3. The molecule has 0 aliphatic carbocycles. The summed E-state index contributed by atoms with van der Waals surface area (Å²) in [7, 11) is 0. The highest BCUT2D eigenvalue weighted by Crippen LogP contribution is 2.27. The summed E-state index contributed by atoms with van der Waals surface area (Å²) in [5.41, 5.74) is 0.345. The number of benzene rings is 1. The molecule has 2 rings (SSSR count). The van der Waals surface area contributed by atoms with Gasteiger partial charge in [-0.15, -0.1) is 0 Å². The van der Waals surface area contributed by atoms with Gasteiger partial charge in [0.25, 0.3) is 5.91 Å². The first-order chi connectivity index (χ1) is 13.2. The number of amides is 2. The molecule has 2 unspecified atom stereocenters. The van der Waals surface area contributed by atoms with Gasteiger partial charge < -0.3 is 19.7 Å². The van der Waals surface area contributed by atoms with Crippen LogP contribution in [-0.4, -0.2) is 54.0 Å². The molecule has 0 radical (unpaired) electrons. The molecule has 0 spiro atoms. The Morgan fingerprint density at radius 2 is 2.04 bits per heavy atom. The third-order valence-electron chi connectivity index (χ3n) is 4.39. The van der Waals surface area contributed by atoms with Crippen LogP contribution >= 0.6 is 15.9 Å². The second-order valence-corrected chi connectivity index (χ2v) is 7.94. The fraction of sp³-hybridized carbons (Fsp3) is 0.550. The molecule has 1 N–H and O–H groups in total. The minimum absolute atomic E-state index is 0.112. The smallest absolute Gasteiger partial charge is 0.308 e. The second kappa shape index (κ2) is 9.91. The summed E-state index contributed by atoms with van der Waals surface area (Å²) < 4.78 is 11.8. The highest BCUT2D eigenvalue weighted by molar-refractivity contribution is 9.10. The number of rotatable bonds is 7. The molecule has 154 valence electrons. The Morgan fingerprint density at radius 3 is 2.68 bits per heavy atom. The summed E-state index contributed by atoms with van der Waals surface area (Å²) in [6.07, 6.45) is 0.147. The van der Waals surface area contributed by atoms with Gasteiger partial charge >= 0.3 is 5.97 Å². The fourth-order valence-corrected chi connectivity index (χ4v) is 3.22. The molecule has 1 heterocycles. The van der Waals surface area contributed by atoms with Crippen LogP contribution in [0.4, 0.5) is 0 Å². The van der Waals surface area contributed by atoms with Gasteiger partial charge in [0.15, 0.2) is 0 Å². The molecular formula is C20H27BrN2O5. The van der Waals surface area contributed by atoms with Crippen molar-refractivity contribution in [3.8, 4) is 5.75 Å². The van der Waals surface area contributed by atoms with Crippen LogP contribution in [0.2, 0.25) is 0 Å². The van der Waals surface area contributed by atoms with Gasteiger partial charge in [-0.1, -0.05) is 22.9 Å². The van der Waals surface area contributed by atoms with Crippen molar-refractivity contribution in [1.29, 1.82) is 0 Å². The number of halogens is 1. The van der Waals surface area contributed by atoms with Crippen LogP contribution < -0.4 is 10.1 Å². The van der Waals surface area contributed by atoms with Crippen LogP contribution in [0.5, 0.6) is 5.75 Å². The van der Waals surface area contributed by atoms with E-state index in [-0.39, 0.29) is 30.4 Å². The summed E-state index contributed by atoms with van der Waals surface area (Å²) in [5, 5.41) is 2.72. The van der Waals surface area contributed by atoms with Crippen molar-refractivity contribution in [3.05, 3.63) is 28.2 Å². The maximum atomic E-state index is 13.3. The topological polar surface area (TPSA) is 84.9 Å². The van der Waals surface area contributed by atoms with E-state index in [9.17, 15) is 14.4 Å². The van der Waals surface area contributed by atoms with E-state index in [1.807, 2.05) is 20.8 Å². The molecule has 1 saturated heterocycles. The molecule has 2 atom stereocenters. The average Bonchev–Trinajstić information content (AvgIpc) is 2.63. The van der Waals surface area contributed by atoms with Crippen molar-refractivity contribution < 1.29 is 23.9 Å². The molecule has 1 aromatic carbocycles. The maximum absolute atomic E-state index is 13.3. The Hall–Kier alpha value is -2.09. The van der Waals surface area contributed by atoms with Crippen molar-refractivity contribution in [1.82, 2.24) is 10.2 Å². The third-order valence-corrected chi connectivity index (χ3v) is 4.89. The molecule has 1 aliphatic heterocycles. The first kappa shape index (κ1) is 22.2. The number of piperazine rings is 1. The van der Waals surface area contributed by atoms with E-state index in [4.69, 9.17) is 9.47 Å². The largest absolute Gasteiger partial charge is 0.490 e. The molecule has 0 bridgehead atoms. The number of esters is 1. The number of nitrogens with zero attached hydrogens (tertiary/aromatic N) is 1. The van der Waals surface area contributed by atoms with Crippen LogP contribution in [0.1, 0.15) is 50.9 Å². The number of carbonyl (C=O) groups excluding carboxylic acids is 3. The van der Waals surface area contributed by atoms with Crippen molar-refractivity contribution in [3.63, 3.8) is 0 Å². The Morgan fingerprint density at radius 1 is 1.32 bits per heavy atom. The summed E-state index contributed by atoms with van der Waals surface area (Å²) in [6, 6.07) is 4.26. The Bertz CT molecular complexity index is 737. The Balaban J connectivity index is 2.27. The number of ether oxygens (including phenoxy) is 2. The van der Waals surface area contributed by atoms with Crippen LogP contribution in [0.3, 0.4) is 0 Å². The quantitative estimate of drug-likeness (QED) is 0.640. The van der Waals surface area contributed by atoms with E-state index in [1.165, 1.54) is 4.90 Å². The summed E-state index contributed by atoms with van der Waals surface area (Å²) in [4.78, 5) is 39.3. The van der Waals surface area contributed by atoms with E-state index < -0.39 is 12.0 Å². The van der Waals surface area contributed by atoms with Gasteiger partial charge in [-0.25, -0.2) is 0 Å².